The van der Waals surface area contributed by atoms with Crippen LogP contribution in [0.4, 0.5) is 4.39 Å². The van der Waals surface area contributed by atoms with Gasteiger partial charge in [-0.1, -0.05) is 49.4 Å². The van der Waals surface area contributed by atoms with E-state index in [-0.39, 0.29) is 29.9 Å². The van der Waals surface area contributed by atoms with Crippen LogP contribution in [-0.2, 0) is 21.4 Å². The molecule has 162 valence electrons. The van der Waals surface area contributed by atoms with Crippen LogP contribution in [0.2, 0.25) is 5.02 Å². The molecule has 5 nitrogen and oxygen atoms in total. The summed E-state index contributed by atoms with van der Waals surface area (Å²) in [4.78, 5) is 12.8. The van der Waals surface area contributed by atoms with E-state index in [2.05, 4.69) is 5.32 Å². The summed E-state index contributed by atoms with van der Waals surface area (Å²) in [6, 6.07) is 11.5. The lowest BCUT2D eigenvalue weighted by Crippen LogP contribution is -2.43. The maximum Gasteiger partial charge on any atom is 0.243 e. The van der Waals surface area contributed by atoms with Crippen molar-refractivity contribution in [1.82, 2.24) is 9.62 Å². The molecule has 1 fully saturated rings. The van der Waals surface area contributed by atoms with Crippen LogP contribution in [0.5, 0.6) is 0 Å². The highest BCUT2D eigenvalue weighted by Gasteiger charge is 2.28. The van der Waals surface area contributed by atoms with Crippen molar-refractivity contribution in [2.75, 3.05) is 6.54 Å². The van der Waals surface area contributed by atoms with Gasteiger partial charge in [0.15, 0.2) is 0 Å². The molecule has 30 heavy (non-hydrogen) atoms. The third-order valence-corrected chi connectivity index (χ3v) is 7.32. The van der Waals surface area contributed by atoms with Crippen molar-refractivity contribution in [2.24, 2.45) is 0 Å². The van der Waals surface area contributed by atoms with Gasteiger partial charge in [-0.2, -0.15) is 4.31 Å². The molecular weight excluding hydrogens is 427 g/mol. The Hall–Kier alpha value is -1.96. The molecule has 0 unspecified atom stereocenters. The van der Waals surface area contributed by atoms with Gasteiger partial charge in [0.1, 0.15) is 5.82 Å². The summed E-state index contributed by atoms with van der Waals surface area (Å²) >= 11 is 5.88. The van der Waals surface area contributed by atoms with Crippen molar-refractivity contribution in [3.8, 4) is 0 Å². The van der Waals surface area contributed by atoms with Gasteiger partial charge >= 0.3 is 0 Å². The van der Waals surface area contributed by atoms with Gasteiger partial charge in [-0.25, -0.2) is 12.8 Å². The van der Waals surface area contributed by atoms with E-state index < -0.39 is 15.8 Å². The Morgan fingerprint density at radius 3 is 2.20 bits per heavy atom. The molecule has 0 saturated heterocycles. The molecule has 0 heterocycles. The van der Waals surface area contributed by atoms with E-state index in [1.165, 1.54) is 48.5 Å². The predicted molar refractivity (Wildman–Crippen MR) is 115 cm³/mol. The van der Waals surface area contributed by atoms with Gasteiger partial charge in [0.05, 0.1) is 11.4 Å². The van der Waals surface area contributed by atoms with Crippen LogP contribution >= 0.6 is 11.6 Å². The van der Waals surface area contributed by atoms with Gasteiger partial charge in [0.2, 0.25) is 15.9 Å². The number of nitrogens with zero attached hydrogens (tertiary/aromatic N) is 1. The van der Waals surface area contributed by atoms with Crippen LogP contribution in [0, 0.1) is 5.82 Å². The van der Waals surface area contributed by atoms with Crippen molar-refractivity contribution in [3.05, 3.63) is 64.9 Å². The molecule has 2 aromatic rings. The Kier molecular flexibility index (Phi) is 7.86. The zero-order chi connectivity index (χ0) is 21.6. The third kappa shape index (κ3) is 6.27. The largest absolute Gasteiger partial charge is 0.352 e. The van der Waals surface area contributed by atoms with Crippen LogP contribution in [-0.4, -0.2) is 31.2 Å². The first-order chi connectivity index (χ1) is 14.3. The Morgan fingerprint density at radius 2 is 1.60 bits per heavy atom. The molecule has 1 aliphatic carbocycles. The van der Waals surface area contributed by atoms with Crippen LogP contribution < -0.4 is 5.32 Å². The number of hydrogen-bond acceptors (Lipinski definition) is 3. The molecule has 2 aromatic carbocycles. The summed E-state index contributed by atoms with van der Waals surface area (Å²) in [6.45, 7) is -0.345. The molecule has 0 aromatic heterocycles. The molecule has 1 saturated carbocycles. The van der Waals surface area contributed by atoms with Gasteiger partial charge in [0.25, 0.3) is 0 Å². The fourth-order valence-corrected chi connectivity index (χ4v) is 5.14. The number of carbonyl (C=O) groups excluding carboxylic acids is 1. The molecule has 1 aliphatic rings. The van der Waals surface area contributed by atoms with Gasteiger partial charge in [-0.3, -0.25) is 4.79 Å². The van der Waals surface area contributed by atoms with Gasteiger partial charge in [0, 0.05) is 17.6 Å². The van der Waals surface area contributed by atoms with E-state index in [9.17, 15) is 17.6 Å². The molecule has 1 amide bonds. The topological polar surface area (TPSA) is 66.5 Å². The maximum absolute atomic E-state index is 13.3. The molecular formula is C22H26ClFN2O3S. The van der Waals surface area contributed by atoms with Crippen LogP contribution in [0.25, 0.3) is 0 Å². The molecule has 0 radical (unpaired) electrons. The fraction of sp³-hybridized carbons (Fsp3) is 0.409. The SMILES string of the molecule is O=C(CN(Cc1ccc(F)cc1)S(=O)(=O)c1ccc(Cl)cc1)NC1CCCCCC1. The minimum Gasteiger partial charge on any atom is -0.352 e. The fourth-order valence-electron chi connectivity index (χ4n) is 3.63. The van der Waals surface area contributed by atoms with Crippen molar-refractivity contribution < 1.29 is 17.6 Å². The summed E-state index contributed by atoms with van der Waals surface area (Å²) in [7, 11) is -3.95. The smallest absolute Gasteiger partial charge is 0.243 e. The first-order valence-electron chi connectivity index (χ1n) is 10.1. The van der Waals surface area contributed by atoms with Crippen LogP contribution in [0.3, 0.4) is 0 Å². The quantitative estimate of drug-likeness (QED) is 0.628. The van der Waals surface area contributed by atoms with E-state index in [1.54, 1.807) is 0 Å². The zero-order valence-electron chi connectivity index (χ0n) is 16.7. The minimum absolute atomic E-state index is 0.0384. The van der Waals surface area contributed by atoms with Gasteiger partial charge < -0.3 is 5.32 Å². The first-order valence-corrected chi connectivity index (χ1v) is 12.0. The summed E-state index contributed by atoms with van der Waals surface area (Å²) in [5.41, 5.74) is 0.594. The summed E-state index contributed by atoms with van der Waals surface area (Å²) in [5.74, 6) is -0.737. The number of amides is 1. The average molecular weight is 453 g/mol. The highest BCUT2D eigenvalue weighted by molar-refractivity contribution is 7.89. The highest BCUT2D eigenvalue weighted by atomic mass is 35.5. The Bertz CT molecular complexity index is 941. The van der Waals surface area contributed by atoms with Crippen molar-refractivity contribution in [3.63, 3.8) is 0 Å². The summed E-state index contributed by atoms with van der Waals surface area (Å²) in [6.07, 6.45) is 6.27. The van der Waals surface area contributed by atoms with E-state index in [0.29, 0.717) is 10.6 Å². The van der Waals surface area contributed by atoms with Crippen molar-refractivity contribution in [1.29, 1.82) is 0 Å². The number of carbonyl (C=O) groups is 1. The maximum atomic E-state index is 13.3. The third-order valence-electron chi connectivity index (χ3n) is 5.26. The van der Waals surface area contributed by atoms with E-state index in [1.807, 2.05) is 0 Å². The molecule has 0 atom stereocenters. The Labute approximate surface area is 182 Å². The lowest BCUT2D eigenvalue weighted by Gasteiger charge is -2.24. The molecule has 3 rings (SSSR count). The zero-order valence-corrected chi connectivity index (χ0v) is 18.3. The Balaban J connectivity index is 1.80. The summed E-state index contributed by atoms with van der Waals surface area (Å²) in [5, 5.41) is 3.41. The number of hydrogen-bond donors (Lipinski definition) is 1. The number of sulfonamides is 1. The summed E-state index contributed by atoms with van der Waals surface area (Å²) < 4.78 is 40.8. The molecule has 8 heteroatoms. The number of benzene rings is 2. The second-order valence-electron chi connectivity index (χ2n) is 7.61. The number of nitrogens with one attached hydrogen (secondary N) is 1. The van der Waals surface area contributed by atoms with Crippen LogP contribution in [0.15, 0.2) is 53.4 Å². The van der Waals surface area contributed by atoms with Crippen molar-refractivity contribution in [2.45, 2.75) is 56.0 Å². The normalized spacial score (nSPS) is 15.7. The molecule has 0 spiro atoms. The standard InChI is InChI=1S/C22H26ClFN2O3S/c23-18-9-13-21(14-10-18)30(28,29)26(15-17-7-11-19(24)12-8-17)16-22(27)25-20-5-3-1-2-4-6-20/h7-14,20H,1-6,15-16H2,(H,25,27). The first kappa shape index (κ1) is 22.7. The molecule has 0 bridgehead atoms. The predicted octanol–water partition coefficient (Wildman–Crippen LogP) is 4.51. The molecule has 1 N–H and O–H groups in total. The second kappa shape index (κ2) is 10.4. The number of rotatable bonds is 7. The van der Waals surface area contributed by atoms with Gasteiger partial charge in [-0.15, -0.1) is 0 Å². The monoisotopic (exact) mass is 452 g/mol. The number of halogens is 2. The van der Waals surface area contributed by atoms with Crippen LogP contribution in [0.1, 0.15) is 44.1 Å². The van der Waals surface area contributed by atoms with E-state index >= 15 is 0 Å². The molecule has 0 aliphatic heterocycles. The Morgan fingerprint density at radius 1 is 1.00 bits per heavy atom. The lowest BCUT2D eigenvalue weighted by atomic mass is 10.1. The lowest BCUT2D eigenvalue weighted by molar-refractivity contribution is -0.122. The van der Waals surface area contributed by atoms with E-state index in [0.717, 1.165) is 42.8 Å². The van der Waals surface area contributed by atoms with Crippen molar-refractivity contribution >= 4 is 27.5 Å². The highest BCUT2D eigenvalue weighted by Crippen LogP contribution is 2.21. The van der Waals surface area contributed by atoms with Gasteiger partial charge in [-0.05, 0) is 54.8 Å². The average Bonchev–Trinajstić information content (AvgIpc) is 2.98. The minimum atomic E-state index is -3.95. The second-order valence-corrected chi connectivity index (χ2v) is 9.98. The van der Waals surface area contributed by atoms with E-state index in [4.69, 9.17) is 11.6 Å².